The lowest BCUT2D eigenvalue weighted by molar-refractivity contribution is -0.137. The van der Waals surface area contributed by atoms with Crippen molar-refractivity contribution in [3.05, 3.63) is 28.8 Å². The van der Waals surface area contributed by atoms with Crippen molar-refractivity contribution in [2.75, 3.05) is 11.9 Å². The third kappa shape index (κ3) is 3.94. The van der Waals surface area contributed by atoms with Crippen LogP contribution in [0.15, 0.2) is 18.2 Å². The Morgan fingerprint density at radius 1 is 1.32 bits per heavy atom. The maximum absolute atomic E-state index is 12.8. The molecular weight excluding hydrogens is 399 g/mol. The molecule has 2 N–H and O–H groups in total. The van der Waals surface area contributed by atoms with Crippen LogP contribution in [0, 0.1) is 5.92 Å². The van der Waals surface area contributed by atoms with Crippen molar-refractivity contribution in [1.82, 2.24) is 10.2 Å². The number of amides is 4. The van der Waals surface area contributed by atoms with E-state index >= 15 is 0 Å². The van der Waals surface area contributed by atoms with Gasteiger partial charge in [-0.2, -0.15) is 13.2 Å². The summed E-state index contributed by atoms with van der Waals surface area (Å²) in [5, 5.41) is 4.84. The molecule has 0 bridgehead atoms. The van der Waals surface area contributed by atoms with Gasteiger partial charge in [0.05, 0.1) is 16.3 Å². The molecule has 0 aromatic heterocycles. The van der Waals surface area contributed by atoms with Gasteiger partial charge in [-0.05, 0) is 49.8 Å². The van der Waals surface area contributed by atoms with Crippen molar-refractivity contribution in [2.45, 2.75) is 44.3 Å². The van der Waals surface area contributed by atoms with Crippen LogP contribution >= 0.6 is 11.6 Å². The Morgan fingerprint density at radius 2 is 1.96 bits per heavy atom. The van der Waals surface area contributed by atoms with Crippen LogP contribution in [-0.2, 0) is 15.8 Å². The molecule has 1 aliphatic heterocycles. The first-order valence-corrected chi connectivity index (χ1v) is 9.20. The fourth-order valence-corrected chi connectivity index (χ4v) is 3.71. The Kier molecular flexibility index (Phi) is 5.31. The second kappa shape index (κ2) is 7.27. The number of halogens is 4. The highest BCUT2D eigenvalue weighted by Crippen LogP contribution is 2.36. The topological polar surface area (TPSA) is 78.5 Å². The number of alkyl halides is 3. The highest BCUT2D eigenvalue weighted by atomic mass is 35.5. The van der Waals surface area contributed by atoms with E-state index in [1.165, 1.54) is 0 Å². The van der Waals surface area contributed by atoms with E-state index in [-0.39, 0.29) is 10.7 Å². The SMILES string of the molecule is CC1CCC2(CC1)NC(=O)N(CC(=O)Nc1cc(C(F)(F)F)ccc1Cl)C2=O. The van der Waals surface area contributed by atoms with Gasteiger partial charge in [-0.25, -0.2) is 4.79 Å². The molecule has 0 radical (unpaired) electrons. The van der Waals surface area contributed by atoms with Gasteiger partial charge in [0, 0.05) is 0 Å². The fraction of sp³-hybridized carbons (Fsp3) is 0.500. The molecule has 1 aromatic rings. The lowest BCUT2D eigenvalue weighted by Gasteiger charge is -2.33. The van der Waals surface area contributed by atoms with E-state index in [9.17, 15) is 27.6 Å². The minimum Gasteiger partial charge on any atom is -0.323 e. The monoisotopic (exact) mass is 417 g/mol. The molecule has 0 unspecified atom stereocenters. The third-order valence-electron chi connectivity index (χ3n) is 5.24. The van der Waals surface area contributed by atoms with Crippen LogP contribution < -0.4 is 10.6 Å². The van der Waals surface area contributed by atoms with Crippen molar-refractivity contribution >= 4 is 35.1 Å². The molecule has 1 aliphatic carbocycles. The van der Waals surface area contributed by atoms with Gasteiger partial charge in [-0.1, -0.05) is 18.5 Å². The molecule has 2 fully saturated rings. The second-order valence-corrected chi connectivity index (χ2v) is 7.73. The molecule has 1 spiro atoms. The molecule has 0 atom stereocenters. The molecule has 1 saturated heterocycles. The van der Waals surface area contributed by atoms with Gasteiger partial charge in [-0.15, -0.1) is 0 Å². The molecule has 2 aliphatic rings. The second-order valence-electron chi connectivity index (χ2n) is 7.33. The molecule has 4 amide bonds. The van der Waals surface area contributed by atoms with E-state index in [0.29, 0.717) is 24.8 Å². The quantitative estimate of drug-likeness (QED) is 0.734. The van der Waals surface area contributed by atoms with Crippen LogP contribution in [0.25, 0.3) is 0 Å². The van der Waals surface area contributed by atoms with Gasteiger partial charge < -0.3 is 10.6 Å². The van der Waals surface area contributed by atoms with Gasteiger partial charge in [0.1, 0.15) is 12.1 Å². The Bertz CT molecular complexity index is 820. The van der Waals surface area contributed by atoms with Gasteiger partial charge in [0.2, 0.25) is 5.91 Å². The maximum Gasteiger partial charge on any atom is 0.416 e. The van der Waals surface area contributed by atoms with Crippen molar-refractivity contribution in [1.29, 1.82) is 0 Å². The average Bonchev–Trinajstić information content (AvgIpc) is 2.83. The normalized spacial score (nSPS) is 25.2. The average molecular weight is 418 g/mol. The Morgan fingerprint density at radius 3 is 2.57 bits per heavy atom. The molecule has 28 heavy (non-hydrogen) atoms. The summed E-state index contributed by atoms with van der Waals surface area (Å²) < 4.78 is 38.5. The molecule has 1 saturated carbocycles. The molecule has 6 nitrogen and oxygen atoms in total. The number of hydrogen-bond acceptors (Lipinski definition) is 3. The van der Waals surface area contributed by atoms with E-state index in [1.54, 1.807) is 0 Å². The lowest BCUT2D eigenvalue weighted by Crippen LogP contribution is -2.49. The summed E-state index contributed by atoms with van der Waals surface area (Å²) in [7, 11) is 0. The van der Waals surface area contributed by atoms with Crippen LogP contribution in [0.4, 0.5) is 23.7 Å². The standard InChI is InChI=1S/C18H19ClF3N3O3/c1-10-4-6-17(7-5-10)15(27)25(16(28)24-17)9-14(26)23-13-8-11(18(20,21)22)2-3-12(13)19/h2-3,8,10H,4-7,9H2,1H3,(H,23,26)(H,24,28). The van der Waals surface area contributed by atoms with Gasteiger partial charge in [0.25, 0.3) is 5.91 Å². The van der Waals surface area contributed by atoms with Crippen LogP contribution in [0.3, 0.4) is 0 Å². The molecule has 1 aromatic carbocycles. The Labute approximate surface area is 164 Å². The first-order chi connectivity index (χ1) is 13.0. The Balaban J connectivity index is 1.70. The number of nitrogens with zero attached hydrogens (tertiary/aromatic N) is 1. The minimum absolute atomic E-state index is 0.0868. The van der Waals surface area contributed by atoms with Crippen molar-refractivity contribution in [3.8, 4) is 0 Å². The first-order valence-electron chi connectivity index (χ1n) is 8.82. The summed E-state index contributed by atoms with van der Waals surface area (Å²) in [4.78, 5) is 38.0. The Hall–Kier alpha value is -2.29. The summed E-state index contributed by atoms with van der Waals surface area (Å²) in [5.41, 5.74) is -2.20. The van der Waals surface area contributed by atoms with Gasteiger partial charge in [-0.3, -0.25) is 14.5 Å². The summed E-state index contributed by atoms with van der Waals surface area (Å²) in [6, 6.07) is 1.84. The minimum atomic E-state index is -4.60. The number of benzene rings is 1. The predicted octanol–water partition coefficient (Wildman–Crippen LogP) is 3.80. The van der Waals surface area contributed by atoms with Crippen LogP contribution in [-0.4, -0.2) is 34.8 Å². The summed E-state index contributed by atoms with van der Waals surface area (Å²) in [6.07, 6.45) is -2.04. The van der Waals surface area contributed by atoms with Crippen LogP contribution in [0.1, 0.15) is 38.2 Å². The summed E-state index contributed by atoms with van der Waals surface area (Å²) in [6.45, 7) is 1.46. The van der Waals surface area contributed by atoms with E-state index in [1.807, 2.05) is 0 Å². The molecule has 1 heterocycles. The predicted molar refractivity (Wildman–Crippen MR) is 95.7 cm³/mol. The highest BCUT2D eigenvalue weighted by Gasteiger charge is 2.52. The number of anilines is 1. The van der Waals surface area contributed by atoms with Gasteiger partial charge >= 0.3 is 12.2 Å². The number of carbonyl (C=O) groups is 3. The zero-order valence-electron chi connectivity index (χ0n) is 15.0. The van der Waals surface area contributed by atoms with Crippen LogP contribution in [0.5, 0.6) is 0 Å². The van der Waals surface area contributed by atoms with Crippen molar-refractivity contribution in [3.63, 3.8) is 0 Å². The molecule has 3 rings (SSSR count). The van der Waals surface area contributed by atoms with E-state index in [4.69, 9.17) is 11.6 Å². The highest BCUT2D eigenvalue weighted by molar-refractivity contribution is 6.33. The van der Waals surface area contributed by atoms with Crippen molar-refractivity contribution in [2.24, 2.45) is 5.92 Å². The number of carbonyl (C=O) groups excluding carboxylic acids is 3. The zero-order valence-corrected chi connectivity index (χ0v) is 15.8. The largest absolute Gasteiger partial charge is 0.416 e. The number of nitrogens with one attached hydrogen (secondary N) is 2. The van der Waals surface area contributed by atoms with E-state index in [2.05, 4.69) is 17.6 Å². The van der Waals surface area contributed by atoms with Gasteiger partial charge in [0.15, 0.2) is 0 Å². The number of urea groups is 1. The molecule has 10 heteroatoms. The van der Waals surface area contributed by atoms with Crippen LogP contribution in [0.2, 0.25) is 5.02 Å². The molecular formula is C18H19ClF3N3O3. The number of imide groups is 1. The summed E-state index contributed by atoms with van der Waals surface area (Å²) >= 11 is 5.85. The number of rotatable bonds is 3. The zero-order chi connectivity index (χ0) is 20.7. The maximum atomic E-state index is 12.8. The summed E-state index contributed by atoms with van der Waals surface area (Å²) in [5.74, 6) is -0.837. The fourth-order valence-electron chi connectivity index (χ4n) is 3.54. The smallest absolute Gasteiger partial charge is 0.323 e. The van der Waals surface area contributed by atoms with E-state index in [0.717, 1.165) is 29.9 Å². The van der Waals surface area contributed by atoms with Crippen molar-refractivity contribution < 1.29 is 27.6 Å². The van der Waals surface area contributed by atoms with E-state index < -0.39 is 41.7 Å². The molecule has 152 valence electrons. The third-order valence-corrected chi connectivity index (χ3v) is 5.57. The first kappa shape index (κ1) is 20.4. The number of hydrogen-bond donors (Lipinski definition) is 2. The lowest BCUT2D eigenvalue weighted by atomic mass is 9.77.